The van der Waals surface area contributed by atoms with Crippen LogP contribution < -0.4 is 5.32 Å². The van der Waals surface area contributed by atoms with Crippen molar-refractivity contribution in [3.05, 3.63) is 35.2 Å². The number of carbonyl (C=O) groups is 1. The van der Waals surface area contributed by atoms with Gasteiger partial charge in [-0.25, -0.2) is 0 Å². The van der Waals surface area contributed by atoms with Crippen LogP contribution >= 0.6 is 11.3 Å². The fraction of sp³-hybridized carbons (Fsp3) is 0.550. The van der Waals surface area contributed by atoms with E-state index in [4.69, 9.17) is 4.74 Å². The summed E-state index contributed by atoms with van der Waals surface area (Å²) >= 11 is 1.57. The number of thiophene rings is 1. The summed E-state index contributed by atoms with van der Waals surface area (Å²) < 4.78 is 6.66. The van der Waals surface area contributed by atoms with Crippen LogP contribution in [-0.2, 0) is 4.74 Å². The second-order valence-electron chi connectivity index (χ2n) is 6.65. The first-order valence-corrected chi connectivity index (χ1v) is 10.1. The number of amides is 1. The highest BCUT2D eigenvalue weighted by Crippen LogP contribution is 2.25. The summed E-state index contributed by atoms with van der Waals surface area (Å²) in [6.45, 7) is 8.70. The van der Waals surface area contributed by atoms with E-state index in [0.29, 0.717) is 18.5 Å². The van der Waals surface area contributed by atoms with Crippen LogP contribution in [0.4, 0.5) is 0 Å². The zero-order chi connectivity index (χ0) is 17.6. The molecule has 1 amide bonds. The Morgan fingerprint density at radius 1 is 1.24 bits per heavy atom. The molecule has 1 saturated heterocycles. The Bertz CT molecular complexity index is 657. The first-order chi connectivity index (χ1) is 12.2. The molecular weight excluding hydrogens is 332 g/mol. The Balaban J connectivity index is 1.67. The van der Waals surface area contributed by atoms with Gasteiger partial charge >= 0.3 is 0 Å². The largest absolute Gasteiger partial charge is 0.379 e. The van der Waals surface area contributed by atoms with Crippen molar-refractivity contribution in [1.29, 1.82) is 0 Å². The summed E-state index contributed by atoms with van der Waals surface area (Å²) in [4.78, 5) is 15.9. The van der Waals surface area contributed by atoms with E-state index in [0.717, 1.165) is 54.1 Å². The lowest BCUT2D eigenvalue weighted by atomic mass is 9.92. The van der Waals surface area contributed by atoms with Gasteiger partial charge in [-0.05, 0) is 23.4 Å². The van der Waals surface area contributed by atoms with Crippen LogP contribution in [0.1, 0.15) is 36.4 Å². The Kier molecular flexibility index (Phi) is 6.45. The van der Waals surface area contributed by atoms with Crippen LogP contribution in [0, 0.1) is 5.92 Å². The highest BCUT2D eigenvalue weighted by Gasteiger charge is 2.27. The third-order valence-electron chi connectivity index (χ3n) is 5.23. The number of morpholine rings is 1. The Hall–Kier alpha value is -1.43. The van der Waals surface area contributed by atoms with Crippen molar-refractivity contribution in [2.75, 3.05) is 32.8 Å². The van der Waals surface area contributed by atoms with Gasteiger partial charge in [0.25, 0.3) is 5.91 Å². The number of ether oxygens (including phenoxy) is 1. The smallest absolute Gasteiger partial charge is 0.261 e. The number of hydrogen-bond acceptors (Lipinski definition) is 4. The maximum Gasteiger partial charge on any atom is 0.261 e. The molecule has 1 aromatic carbocycles. The molecule has 0 bridgehead atoms. The SMILES string of the molecule is CCC(CC)C(CNC(=O)c1cc2ccccc2s1)N1CCOCC1. The molecule has 2 heterocycles. The maximum absolute atomic E-state index is 12.7. The van der Waals surface area contributed by atoms with Crippen molar-refractivity contribution >= 4 is 27.3 Å². The van der Waals surface area contributed by atoms with Gasteiger partial charge in [-0.1, -0.05) is 44.9 Å². The fourth-order valence-corrected chi connectivity index (χ4v) is 4.69. The van der Waals surface area contributed by atoms with Crippen molar-refractivity contribution in [2.24, 2.45) is 5.92 Å². The highest BCUT2D eigenvalue weighted by molar-refractivity contribution is 7.20. The van der Waals surface area contributed by atoms with Crippen LogP contribution in [0.25, 0.3) is 10.1 Å². The topological polar surface area (TPSA) is 41.6 Å². The Morgan fingerprint density at radius 3 is 2.64 bits per heavy atom. The number of nitrogens with zero attached hydrogens (tertiary/aromatic N) is 1. The zero-order valence-electron chi connectivity index (χ0n) is 15.2. The molecule has 1 aliphatic heterocycles. The number of fused-ring (bicyclic) bond motifs is 1. The molecule has 136 valence electrons. The average molecular weight is 361 g/mol. The molecule has 2 aromatic rings. The lowest BCUT2D eigenvalue weighted by Crippen LogP contribution is -2.52. The van der Waals surface area contributed by atoms with E-state index in [2.05, 4.69) is 36.2 Å². The van der Waals surface area contributed by atoms with Gasteiger partial charge in [0.15, 0.2) is 0 Å². The van der Waals surface area contributed by atoms with Gasteiger partial charge in [-0.15, -0.1) is 11.3 Å². The summed E-state index contributed by atoms with van der Waals surface area (Å²) in [7, 11) is 0. The van der Waals surface area contributed by atoms with E-state index < -0.39 is 0 Å². The molecule has 4 nitrogen and oxygen atoms in total. The second-order valence-corrected chi connectivity index (χ2v) is 7.73. The predicted molar refractivity (Wildman–Crippen MR) is 104 cm³/mol. The number of hydrogen-bond donors (Lipinski definition) is 1. The van der Waals surface area contributed by atoms with Gasteiger partial charge in [0, 0.05) is 30.4 Å². The van der Waals surface area contributed by atoms with Crippen LogP contribution in [0.3, 0.4) is 0 Å². The molecule has 3 rings (SSSR count). The minimum atomic E-state index is 0.0467. The summed E-state index contributed by atoms with van der Waals surface area (Å²) in [5.74, 6) is 0.645. The molecule has 25 heavy (non-hydrogen) atoms. The van der Waals surface area contributed by atoms with Crippen molar-refractivity contribution in [3.8, 4) is 0 Å². The normalized spacial score (nSPS) is 17.1. The van der Waals surface area contributed by atoms with E-state index in [-0.39, 0.29) is 5.91 Å². The summed E-state index contributed by atoms with van der Waals surface area (Å²) in [6, 6.07) is 10.5. The third kappa shape index (κ3) is 4.40. The molecule has 1 fully saturated rings. The molecule has 1 N–H and O–H groups in total. The lowest BCUT2D eigenvalue weighted by Gasteiger charge is -2.38. The van der Waals surface area contributed by atoms with E-state index in [1.807, 2.05) is 18.2 Å². The molecule has 5 heteroatoms. The Morgan fingerprint density at radius 2 is 1.96 bits per heavy atom. The first kappa shape index (κ1) is 18.4. The van der Waals surface area contributed by atoms with Gasteiger partial charge in [0.2, 0.25) is 0 Å². The quantitative estimate of drug-likeness (QED) is 0.817. The molecule has 1 unspecified atom stereocenters. The van der Waals surface area contributed by atoms with E-state index >= 15 is 0 Å². The lowest BCUT2D eigenvalue weighted by molar-refractivity contribution is 0.00192. The molecule has 0 saturated carbocycles. The van der Waals surface area contributed by atoms with Crippen LogP contribution in [-0.4, -0.2) is 49.7 Å². The summed E-state index contributed by atoms with van der Waals surface area (Å²) in [5.41, 5.74) is 0. The predicted octanol–water partition coefficient (Wildman–Crippen LogP) is 3.77. The summed E-state index contributed by atoms with van der Waals surface area (Å²) in [6.07, 6.45) is 2.27. The van der Waals surface area contributed by atoms with Gasteiger partial charge in [0.1, 0.15) is 0 Å². The number of benzene rings is 1. The van der Waals surface area contributed by atoms with E-state index in [9.17, 15) is 4.79 Å². The van der Waals surface area contributed by atoms with E-state index in [1.165, 1.54) is 0 Å². The molecule has 0 spiro atoms. The molecular formula is C20H28N2O2S. The molecule has 1 aromatic heterocycles. The van der Waals surface area contributed by atoms with Gasteiger partial charge in [-0.3, -0.25) is 9.69 Å². The summed E-state index contributed by atoms with van der Waals surface area (Å²) in [5, 5.41) is 4.34. The van der Waals surface area contributed by atoms with Crippen LogP contribution in [0.15, 0.2) is 30.3 Å². The monoisotopic (exact) mass is 360 g/mol. The number of nitrogens with one attached hydrogen (secondary N) is 1. The molecule has 0 radical (unpaired) electrons. The van der Waals surface area contributed by atoms with Gasteiger partial charge in [0.05, 0.1) is 18.1 Å². The van der Waals surface area contributed by atoms with Crippen LogP contribution in [0.2, 0.25) is 0 Å². The zero-order valence-corrected chi connectivity index (χ0v) is 16.0. The third-order valence-corrected chi connectivity index (χ3v) is 6.34. The minimum Gasteiger partial charge on any atom is -0.379 e. The molecule has 1 aliphatic rings. The standard InChI is InChI=1S/C20H28N2O2S/c1-3-15(4-2)17(22-9-11-24-12-10-22)14-21-20(23)19-13-16-7-5-6-8-18(16)25-19/h5-8,13,15,17H,3-4,9-12,14H2,1-2H3,(H,21,23). The van der Waals surface area contributed by atoms with Crippen molar-refractivity contribution in [1.82, 2.24) is 10.2 Å². The van der Waals surface area contributed by atoms with Crippen molar-refractivity contribution < 1.29 is 9.53 Å². The Labute approximate surface area is 154 Å². The van der Waals surface area contributed by atoms with Gasteiger partial charge in [-0.2, -0.15) is 0 Å². The van der Waals surface area contributed by atoms with Crippen molar-refractivity contribution in [3.63, 3.8) is 0 Å². The minimum absolute atomic E-state index is 0.0467. The first-order valence-electron chi connectivity index (χ1n) is 9.31. The maximum atomic E-state index is 12.7. The average Bonchev–Trinajstić information content (AvgIpc) is 3.10. The van der Waals surface area contributed by atoms with Gasteiger partial charge < -0.3 is 10.1 Å². The molecule has 1 atom stereocenters. The number of rotatable bonds is 7. The fourth-order valence-electron chi connectivity index (χ4n) is 3.71. The van der Waals surface area contributed by atoms with E-state index in [1.54, 1.807) is 11.3 Å². The number of carbonyl (C=O) groups excluding carboxylic acids is 1. The molecule has 0 aliphatic carbocycles. The van der Waals surface area contributed by atoms with Crippen LogP contribution in [0.5, 0.6) is 0 Å². The second kappa shape index (κ2) is 8.79. The highest BCUT2D eigenvalue weighted by atomic mass is 32.1. The van der Waals surface area contributed by atoms with Crippen molar-refractivity contribution in [2.45, 2.75) is 32.7 Å².